The van der Waals surface area contributed by atoms with Crippen molar-refractivity contribution in [3.8, 4) is 0 Å². The number of thiophene rings is 1. The molecule has 0 spiro atoms. The minimum atomic E-state index is -0.498. The molecule has 0 aliphatic carbocycles. The molecule has 0 fully saturated rings. The van der Waals surface area contributed by atoms with E-state index in [0.717, 1.165) is 11.1 Å². The van der Waals surface area contributed by atoms with Gasteiger partial charge in [0.25, 0.3) is 11.6 Å². The van der Waals surface area contributed by atoms with Crippen molar-refractivity contribution >= 4 is 28.6 Å². The van der Waals surface area contributed by atoms with Crippen LogP contribution in [0.5, 0.6) is 0 Å². The van der Waals surface area contributed by atoms with Crippen molar-refractivity contribution in [3.63, 3.8) is 0 Å². The number of amides is 1. The van der Waals surface area contributed by atoms with Crippen molar-refractivity contribution in [2.75, 3.05) is 0 Å². The van der Waals surface area contributed by atoms with Gasteiger partial charge in [0.2, 0.25) is 0 Å². The summed E-state index contributed by atoms with van der Waals surface area (Å²) in [5.74, 6) is -0.764. The molecule has 0 aliphatic rings. The molecule has 3 aromatic rings. The number of rotatable bonds is 6. The minimum Gasteiger partial charge on any atom is -0.272 e. The first-order chi connectivity index (χ1) is 13.1. The highest BCUT2D eigenvalue weighted by atomic mass is 32.1. The summed E-state index contributed by atoms with van der Waals surface area (Å²) in [6.07, 6.45) is 0. The fraction of sp³-hybridized carbons (Fsp3) is 0.100. The number of carbonyl (C=O) groups excluding carboxylic acids is 1. The van der Waals surface area contributed by atoms with Crippen molar-refractivity contribution < 1.29 is 9.72 Å². The van der Waals surface area contributed by atoms with Gasteiger partial charge in [-0.05, 0) is 18.1 Å². The van der Waals surface area contributed by atoms with Gasteiger partial charge in [-0.3, -0.25) is 14.9 Å². The lowest BCUT2D eigenvalue weighted by molar-refractivity contribution is -0.384. The molecule has 3 rings (SSSR count). The van der Waals surface area contributed by atoms with Gasteiger partial charge in [-0.25, -0.2) is 5.43 Å². The Bertz CT molecular complexity index is 929. The number of carbonyl (C=O) groups is 1. The number of hydrazone groups is 1. The van der Waals surface area contributed by atoms with Gasteiger partial charge < -0.3 is 0 Å². The highest BCUT2D eigenvalue weighted by Gasteiger charge is 2.22. The Balaban J connectivity index is 1.83. The fourth-order valence-electron chi connectivity index (χ4n) is 2.66. The van der Waals surface area contributed by atoms with E-state index in [2.05, 4.69) is 10.5 Å². The van der Waals surface area contributed by atoms with Crippen molar-refractivity contribution in [2.45, 2.75) is 12.8 Å². The molecule has 0 radical (unpaired) electrons. The molecular weight excluding hydrogens is 362 g/mol. The Morgan fingerprint density at radius 1 is 1.07 bits per heavy atom. The molecule has 1 heterocycles. The summed E-state index contributed by atoms with van der Waals surface area (Å²) in [5, 5.41) is 16.4. The molecule has 1 N–H and O–H groups in total. The SMILES string of the molecule is C/C(=N/NC(=O)C(c1ccccc1)c1ccccc1)c1cc([N+](=O)[O-])cs1. The summed E-state index contributed by atoms with van der Waals surface area (Å²) in [6.45, 7) is 1.70. The second-order valence-corrected chi connectivity index (χ2v) is 6.77. The molecule has 7 heteroatoms. The lowest BCUT2D eigenvalue weighted by Gasteiger charge is -2.16. The Labute approximate surface area is 160 Å². The summed E-state index contributed by atoms with van der Waals surface area (Å²) < 4.78 is 0. The van der Waals surface area contributed by atoms with Crippen molar-refractivity contribution in [2.24, 2.45) is 5.10 Å². The highest BCUT2D eigenvalue weighted by Crippen LogP contribution is 2.25. The van der Waals surface area contributed by atoms with Crippen LogP contribution in [0.4, 0.5) is 5.69 Å². The number of nitrogens with one attached hydrogen (secondary N) is 1. The Hall–Kier alpha value is -3.32. The van der Waals surface area contributed by atoms with Crippen LogP contribution in [0.3, 0.4) is 0 Å². The number of benzene rings is 2. The van der Waals surface area contributed by atoms with Crippen LogP contribution in [-0.2, 0) is 4.79 Å². The third-order valence-corrected chi connectivity index (χ3v) is 5.04. The average Bonchev–Trinajstić information content (AvgIpc) is 3.19. The zero-order valence-electron chi connectivity index (χ0n) is 14.5. The van der Waals surface area contributed by atoms with Crippen LogP contribution in [0, 0.1) is 10.1 Å². The van der Waals surface area contributed by atoms with Crippen LogP contribution in [0.25, 0.3) is 0 Å². The van der Waals surface area contributed by atoms with Gasteiger partial charge in [0.1, 0.15) is 0 Å². The van der Waals surface area contributed by atoms with Gasteiger partial charge in [0.15, 0.2) is 0 Å². The van der Waals surface area contributed by atoms with E-state index in [1.807, 2.05) is 60.7 Å². The van der Waals surface area contributed by atoms with Crippen molar-refractivity contribution in [1.82, 2.24) is 5.43 Å². The predicted octanol–water partition coefficient (Wildman–Crippen LogP) is 4.33. The molecule has 0 unspecified atom stereocenters. The summed E-state index contributed by atoms with van der Waals surface area (Å²) in [7, 11) is 0. The third kappa shape index (κ3) is 4.45. The van der Waals surface area contributed by atoms with Gasteiger partial charge >= 0.3 is 0 Å². The van der Waals surface area contributed by atoms with Crippen LogP contribution in [0.2, 0.25) is 0 Å². The molecular formula is C20H17N3O3S. The Kier molecular flexibility index (Phi) is 5.73. The van der Waals surface area contributed by atoms with Crippen LogP contribution in [0.15, 0.2) is 77.2 Å². The first-order valence-corrected chi connectivity index (χ1v) is 9.11. The standard InChI is InChI=1S/C20H17N3O3S/c1-14(18-12-17(13-27-18)23(25)26)21-22-20(24)19(15-8-4-2-5-9-15)16-10-6-3-7-11-16/h2-13,19H,1H3,(H,22,24)/b21-14-. The highest BCUT2D eigenvalue weighted by molar-refractivity contribution is 7.12. The normalized spacial score (nSPS) is 11.4. The molecule has 0 bridgehead atoms. The van der Waals surface area contributed by atoms with Crippen LogP contribution < -0.4 is 5.43 Å². The van der Waals surface area contributed by atoms with Crippen LogP contribution in [0.1, 0.15) is 28.8 Å². The molecule has 0 saturated carbocycles. The Morgan fingerprint density at radius 3 is 2.11 bits per heavy atom. The molecule has 1 aromatic heterocycles. The van der Waals surface area contributed by atoms with Gasteiger partial charge in [0, 0.05) is 6.07 Å². The quantitative estimate of drug-likeness (QED) is 0.393. The lowest BCUT2D eigenvalue weighted by Crippen LogP contribution is -2.27. The monoisotopic (exact) mass is 379 g/mol. The third-order valence-electron chi connectivity index (χ3n) is 4.01. The second-order valence-electron chi connectivity index (χ2n) is 5.85. The van der Waals surface area contributed by atoms with Gasteiger partial charge in [0.05, 0.1) is 26.8 Å². The maximum Gasteiger partial charge on any atom is 0.280 e. The van der Waals surface area contributed by atoms with E-state index < -0.39 is 10.8 Å². The maximum absolute atomic E-state index is 12.9. The van der Waals surface area contributed by atoms with Gasteiger partial charge in [-0.2, -0.15) is 5.10 Å². The molecule has 1 amide bonds. The van der Waals surface area contributed by atoms with Crippen LogP contribution >= 0.6 is 11.3 Å². The maximum atomic E-state index is 12.9. The minimum absolute atomic E-state index is 0.0160. The largest absolute Gasteiger partial charge is 0.280 e. The molecule has 27 heavy (non-hydrogen) atoms. The van der Waals surface area contributed by atoms with Gasteiger partial charge in [-0.1, -0.05) is 60.7 Å². The predicted molar refractivity (Wildman–Crippen MR) is 106 cm³/mol. The van der Waals surface area contributed by atoms with E-state index in [9.17, 15) is 14.9 Å². The number of hydrogen-bond donors (Lipinski definition) is 1. The van der Waals surface area contributed by atoms with E-state index in [1.54, 1.807) is 6.92 Å². The summed E-state index contributed by atoms with van der Waals surface area (Å²) in [4.78, 5) is 23.9. The summed E-state index contributed by atoms with van der Waals surface area (Å²) >= 11 is 1.22. The van der Waals surface area contributed by atoms with Gasteiger partial charge in [-0.15, -0.1) is 11.3 Å². The molecule has 2 aromatic carbocycles. The van der Waals surface area contributed by atoms with E-state index in [-0.39, 0.29) is 11.6 Å². The molecule has 136 valence electrons. The average molecular weight is 379 g/mol. The first kappa shape index (κ1) is 18.5. The summed E-state index contributed by atoms with van der Waals surface area (Å²) in [5.41, 5.74) is 4.86. The Morgan fingerprint density at radius 2 is 1.63 bits per heavy atom. The number of nitrogens with zero attached hydrogens (tertiary/aromatic N) is 2. The molecule has 0 atom stereocenters. The van der Waals surface area contributed by atoms with Crippen LogP contribution in [-0.4, -0.2) is 16.5 Å². The lowest BCUT2D eigenvalue weighted by atomic mass is 9.91. The van der Waals surface area contributed by atoms with E-state index >= 15 is 0 Å². The van der Waals surface area contributed by atoms with E-state index in [0.29, 0.717) is 10.6 Å². The van der Waals surface area contributed by atoms with Crippen molar-refractivity contribution in [3.05, 3.63) is 98.2 Å². The zero-order chi connectivity index (χ0) is 19.2. The van der Waals surface area contributed by atoms with E-state index in [1.165, 1.54) is 22.8 Å². The second kappa shape index (κ2) is 8.37. The molecule has 6 nitrogen and oxygen atoms in total. The smallest absolute Gasteiger partial charge is 0.272 e. The topological polar surface area (TPSA) is 84.6 Å². The fourth-order valence-corrected chi connectivity index (χ4v) is 3.46. The molecule has 0 aliphatic heterocycles. The first-order valence-electron chi connectivity index (χ1n) is 8.23. The van der Waals surface area contributed by atoms with Crippen molar-refractivity contribution in [1.29, 1.82) is 0 Å². The molecule has 0 saturated heterocycles. The number of nitro groups is 1. The van der Waals surface area contributed by atoms with E-state index in [4.69, 9.17) is 0 Å². The number of hydrogen-bond acceptors (Lipinski definition) is 5. The summed E-state index contributed by atoms with van der Waals surface area (Å²) in [6, 6.07) is 20.4. The zero-order valence-corrected chi connectivity index (χ0v) is 15.3.